The average molecular weight is 796 g/mol. The van der Waals surface area contributed by atoms with E-state index in [9.17, 15) is 0 Å². The third kappa shape index (κ3) is 6.67. The summed E-state index contributed by atoms with van der Waals surface area (Å²) in [5, 5.41) is 12.5. The van der Waals surface area contributed by atoms with Gasteiger partial charge in [-0.15, -0.1) is 0 Å². The molecule has 0 aliphatic carbocycles. The molecular weight excluding hydrogens is 747 g/mol. The number of aryl methyl sites for hydroxylation is 1. The summed E-state index contributed by atoms with van der Waals surface area (Å²) in [5.41, 5.74) is 12.4. The summed E-state index contributed by atoms with van der Waals surface area (Å²) in [7, 11) is 0. The maximum atomic E-state index is 2.49. The third-order valence-electron chi connectivity index (χ3n) is 12.6. The molecular formula is C61H49N. The van der Waals surface area contributed by atoms with Gasteiger partial charge in [0, 0.05) is 11.4 Å². The minimum absolute atomic E-state index is 0.0678. The topological polar surface area (TPSA) is 3.24 Å². The van der Waals surface area contributed by atoms with Gasteiger partial charge in [-0.1, -0.05) is 202 Å². The summed E-state index contributed by atoms with van der Waals surface area (Å²) in [5.74, 6) is 0. The molecule has 0 radical (unpaired) electrons. The molecule has 1 unspecified atom stereocenters. The Kier molecular flexibility index (Phi) is 10.3. The Bertz CT molecular complexity index is 3410. The molecule has 0 saturated carbocycles. The fourth-order valence-electron chi connectivity index (χ4n) is 9.81. The second kappa shape index (κ2) is 16.5. The van der Waals surface area contributed by atoms with Crippen LogP contribution in [-0.4, -0.2) is 0 Å². The Labute approximate surface area is 365 Å². The molecule has 11 aromatic rings. The van der Waals surface area contributed by atoms with Crippen LogP contribution in [0, 0.1) is 6.92 Å². The van der Waals surface area contributed by atoms with Crippen LogP contribution in [-0.2, 0) is 0 Å². The molecule has 11 aromatic carbocycles. The molecule has 0 aromatic heterocycles. The van der Waals surface area contributed by atoms with Crippen molar-refractivity contribution >= 4 is 65.2 Å². The highest BCUT2D eigenvalue weighted by Gasteiger charge is 2.24. The maximum absolute atomic E-state index is 2.49. The van der Waals surface area contributed by atoms with Crippen molar-refractivity contribution in [2.45, 2.75) is 33.7 Å². The summed E-state index contributed by atoms with van der Waals surface area (Å²) in [6.07, 6.45) is 0. The van der Waals surface area contributed by atoms with E-state index in [-0.39, 0.29) is 6.04 Å². The van der Waals surface area contributed by atoms with Gasteiger partial charge in [0.05, 0.1) is 6.04 Å². The van der Waals surface area contributed by atoms with Crippen molar-refractivity contribution in [1.29, 1.82) is 0 Å². The number of fused-ring (bicyclic) bond motifs is 5. The normalized spacial score (nSPS) is 11.8. The molecule has 0 bridgehead atoms. The first-order valence-electron chi connectivity index (χ1n) is 22.0. The van der Waals surface area contributed by atoms with Crippen molar-refractivity contribution in [3.05, 3.63) is 230 Å². The SMILES string of the molecule is CC.Cc1ccccc1N(c1ccccc1)C(C)c1ccc(-c2ccc3c(-c4cccc5ccccc45)c4ccccc4c(-c4ccc5ccccc5c4)c3c2)c2ccccc12. The highest BCUT2D eigenvalue weighted by molar-refractivity contribution is 6.24. The second-order valence-corrected chi connectivity index (χ2v) is 16.1. The molecule has 0 fully saturated rings. The molecule has 0 heterocycles. The van der Waals surface area contributed by atoms with E-state index < -0.39 is 0 Å². The van der Waals surface area contributed by atoms with Crippen LogP contribution in [0.15, 0.2) is 218 Å². The Morgan fingerprint density at radius 3 is 1.71 bits per heavy atom. The van der Waals surface area contributed by atoms with Gasteiger partial charge >= 0.3 is 0 Å². The minimum Gasteiger partial charge on any atom is -0.334 e. The fourth-order valence-corrected chi connectivity index (χ4v) is 9.81. The molecule has 62 heavy (non-hydrogen) atoms. The Morgan fingerprint density at radius 1 is 0.355 bits per heavy atom. The van der Waals surface area contributed by atoms with Crippen LogP contribution in [0.3, 0.4) is 0 Å². The zero-order valence-electron chi connectivity index (χ0n) is 35.8. The van der Waals surface area contributed by atoms with Gasteiger partial charge in [0.25, 0.3) is 0 Å². The van der Waals surface area contributed by atoms with E-state index in [0.717, 1.165) is 0 Å². The summed E-state index contributed by atoms with van der Waals surface area (Å²) >= 11 is 0. The summed E-state index contributed by atoms with van der Waals surface area (Å²) in [6.45, 7) is 8.55. The number of anilines is 2. The maximum Gasteiger partial charge on any atom is 0.0569 e. The van der Waals surface area contributed by atoms with E-state index in [4.69, 9.17) is 0 Å². The minimum atomic E-state index is 0.0678. The number of hydrogen-bond acceptors (Lipinski definition) is 1. The van der Waals surface area contributed by atoms with Gasteiger partial charge in [0.2, 0.25) is 0 Å². The van der Waals surface area contributed by atoms with Crippen LogP contribution in [0.2, 0.25) is 0 Å². The molecule has 0 amide bonds. The highest BCUT2D eigenvalue weighted by Crippen LogP contribution is 2.48. The Hall–Kier alpha value is -7.48. The molecule has 11 rings (SSSR count). The van der Waals surface area contributed by atoms with Crippen molar-refractivity contribution in [2.24, 2.45) is 0 Å². The highest BCUT2D eigenvalue weighted by atomic mass is 15.2. The van der Waals surface area contributed by atoms with Gasteiger partial charge in [-0.3, -0.25) is 0 Å². The van der Waals surface area contributed by atoms with Crippen molar-refractivity contribution in [3.63, 3.8) is 0 Å². The molecule has 298 valence electrons. The summed E-state index contributed by atoms with van der Waals surface area (Å²) < 4.78 is 0. The number of benzene rings is 11. The zero-order chi connectivity index (χ0) is 42.2. The lowest BCUT2D eigenvalue weighted by Crippen LogP contribution is -2.22. The van der Waals surface area contributed by atoms with Crippen LogP contribution in [0.4, 0.5) is 11.4 Å². The lowest BCUT2D eigenvalue weighted by atomic mass is 9.83. The fraction of sp³-hybridized carbons (Fsp3) is 0.0820. The first-order valence-corrected chi connectivity index (χ1v) is 22.0. The second-order valence-electron chi connectivity index (χ2n) is 16.1. The smallest absolute Gasteiger partial charge is 0.0569 e. The lowest BCUT2D eigenvalue weighted by molar-refractivity contribution is 0.778. The van der Waals surface area contributed by atoms with E-state index in [1.807, 2.05) is 13.8 Å². The van der Waals surface area contributed by atoms with Crippen molar-refractivity contribution in [3.8, 4) is 33.4 Å². The lowest BCUT2D eigenvalue weighted by Gasteiger charge is -2.34. The van der Waals surface area contributed by atoms with Crippen LogP contribution in [0.25, 0.3) is 87.2 Å². The van der Waals surface area contributed by atoms with Crippen molar-refractivity contribution in [1.82, 2.24) is 0 Å². The van der Waals surface area contributed by atoms with E-state index in [1.54, 1.807) is 0 Å². The van der Waals surface area contributed by atoms with Crippen molar-refractivity contribution < 1.29 is 0 Å². The summed E-state index contributed by atoms with van der Waals surface area (Å²) in [4.78, 5) is 2.49. The molecule has 1 nitrogen and oxygen atoms in total. The average Bonchev–Trinajstić information content (AvgIpc) is 3.34. The molecule has 1 heteroatoms. The van der Waals surface area contributed by atoms with Gasteiger partial charge in [-0.05, 0) is 143 Å². The predicted octanol–water partition coefficient (Wildman–Crippen LogP) is 17.7. The first-order chi connectivity index (χ1) is 30.6. The number of rotatable bonds is 7. The van der Waals surface area contributed by atoms with E-state index in [2.05, 4.69) is 237 Å². The van der Waals surface area contributed by atoms with Crippen LogP contribution in [0.5, 0.6) is 0 Å². The zero-order valence-corrected chi connectivity index (χ0v) is 35.8. The number of hydrogen-bond donors (Lipinski definition) is 0. The molecule has 0 spiro atoms. The van der Waals surface area contributed by atoms with Crippen LogP contribution in [0.1, 0.15) is 37.9 Å². The van der Waals surface area contributed by atoms with E-state index >= 15 is 0 Å². The van der Waals surface area contributed by atoms with Gasteiger partial charge < -0.3 is 4.90 Å². The summed E-state index contributed by atoms with van der Waals surface area (Å²) in [6, 6.07) is 80.7. The standard InChI is InChI=1S/C59H43N.C2H6/c1-39-17-6-15-30-57(39)60(46-22-4-3-5-23-46)40(2)47-35-36-49(51-26-12-11-25-50(47)51)44-33-34-55-56(38-44)58(45-32-31-41-18-7-8-20-43(41)37-45)53-27-13-14-28-54(53)59(55)52-29-16-21-42-19-9-10-24-48(42)52;1-2/h3-38,40H,1-2H3;1-2H3. The Balaban J connectivity index is 0.00000226. The molecule has 0 aliphatic rings. The number of para-hydroxylation sites is 2. The quantitative estimate of drug-likeness (QED) is 0.145. The molecule has 0 aliphatic heterocycles. The molecule has 1 atom stereocenters. The Morgan fingerprint density at radius 2 is 0.935 bits per heavy atom. The van der Waals surface area contributed by atoms with Gasteiger partial charge in [-0.2, -0.15) is 0 Å². The van der Waals surface area contributed by atoms with Crippen molar-refractivity contribution in [2.75, 3.05) is 4.90 Å². The van der Waals surface area contributed by atoms with E-state index in [1.165, 1.54) is 110 Å². The van der Waals surface area contributed by atoms with Crippen LogP contribution < -0.4 is 4.90 Å². The molecule has 0 saturated heterocycles. The largest absolute Gasteiger partial charge is 0.334 e. The monoisotopic (exact) mass is 795 g/mol. The van der Waals surface area contributed by atoms with Gasteiger partial charge in [0.15, 0.2) is 0 Å². The van der Waals surface area contributed by atoms with Gasteiger partial charge in [0.1, 0.15) is 0 Å². The molecule has 0 N–H and O–H groups in total. The third-order valence-corrected chi connectivity index (χ3v) is 12.6. The number of nitrogens with zero attached hydrogens (tertiary/aromatic N) is 1. The van der Waals surface area contributed by atoms with Crippen LogP contribution >= 0.6 is 0 Å². The van der Waals surface area contributed by atoms with E-state index in [0.29, 0.717) is 0 Å². The predicted molar refractivity (Wildman–Crippen MR) is 270 cm³/mol. The van der Waals surface area contributed by atoms with Gasteiger partial charge in [-0.25, -0.2) is 0 Å². The first kappa shape index (κ1) is 38.7.